The molecule has 0 spiro atoms. The number of carbonyl (C=O) groups excluding carboxylic acids is 1. The summed E-state index contributed by atoms with van der Waals surface area (Å²) in [5, 5.41) is 4.14. The zero-order valence-electron chi connectivity index (χ0n) is 33.4. The molecule has 6 nitrogen and oxygen atoms in total. The molecule has 7 aliphatic carbocycles. The number of sulfone groups is 1. The summed E-state index contributed by atoms with van der Waals surface area (Å²) in [6.07, 6.45) is 18.7. The summed E-state index contributed by atoms with van der Waals surface area (Å²) >= 11 is 0. The van der Waals surface area contributed by atoms with Gasteiger partial charge in [-0.05, 0) is 159 Å². The van der Waals surface area contributed by atoms with Gasteiger partial charge in [0.1, 0.15) is 0 Å². The predicted molar refractivity (Wildman–Crippen MR) is 208 cm³/mol. The number of esters is 1. The Balaban J connectivity index is 0.949. The number of likely N-dealkylation sites (tertiary alicyclic amines) is 1. The molecule has 2 bridgehead atoms. The Kier molecular flexibility index (Phi) is 8.21. The van der Waals surface area contributed by atoms with E-state index < -0.39 is 9.84 Å². The average Bonchev–Trinajstić information content (AvgIpc) is 3.49. The van der Waals surface area contributed by atoms with Gasteiger partial charge in [0.2, 0.25) is 0 Å². The van der Waals surface area contributed by atoms with Crippen LogP contribution in [0, 0.1) is 69.0 Å². The molecule has 288 valence electrons. The summed E-state index contributed by atoms with van der Waals surface area (Å²) in [6, 6.07) is 0.234. The minimum Gasteiger partial charge on any atom is -0.466 e. The Morgan fingerprint density at radius 1 is 1.02 bits per heavy atom. The Morgan fingerprint density at radius 2 is 1.81 bits per heavy atom. The van der Waals surface area contributed by atoms with Crippen LogP contribution in [0.5, 0.6) is 0 Å². The van der Waals surface area contributed by atoms with Gasteiger partial charge in [-0.25, -0.2) is 8.42 Å². The van der Waals surface area contributed by atoms with E-state index in [1.807, 2.05) is 6.92 Å². The highest BCUT2D eigenvalue weighted by Crippen LogP contribution is 2.77. The van der Waals surface area contributed by atoms with Gasteiger partial charge in [0.05, 0.1) is 23.5 Å². The van der Waals surface area contributed by atoms with Gasteiger partial charge in [-0.2, -0.15) is 0 Å². The van der Waals surface area contributed by atoms with Crippen molar-refractivity contribution in [2.75, 3.05) is 32.0 Å². The zero-order valence-corrected chi connectivity index (χ0v) is 34.3. The molecule has 14 atom stereocenters. The van der Waals surface area contributed by atoms with Crippen molar-refractivity contribution in [3.63, 3.8) is 0 Å². The second kappa shape index (κ2) is 11.8. The first-order chi connectivity index (χ1) is 24.5. The van der Waals surface area contributed by atoms with Gasteiger partial charge in [-0.1, -0.05) is 58.9 Å². The lowest BCUT2D eigenvalue weighted by Crippen LogP contribution is -2.68. The zero-order chi connectivity index (χ0) is 36.8. The van der Waals surface area contributed by atoms with Gasteiger partial charge in [0.25, 0.3) is 0 Å². The smallest absolute Gasteiger partial charge is 0.309 e. The van der Waals surface area contributed by atoms with E-state index in [2.05, 4.69) is 70.5 Å². The lowest BCUT2D eigenvalue weighted by atomic mass is 9.33. The number of nitrogens with one attached hydrogen (secondary N) is 1. The Morgan fingerprint density at radius 3 is 2.46 bits per heavy atom. The summed E-state index contributed by atoms with van der Waals surface area (Å²) < 4.78 is 30.2. The largest absolute Gasteiger partial charge is 0.466 e. The first kappa shape index (κ1) is 36.2. The fourth-order valence-corrected chi connectivity index (χ4v) is 18.4. The fraction of sp³-hybridized carbons (Fsp3) is 0.844. The molecule has 2 saturated heterocycles. The van der Waals surface area contributed by atoms with Crippen LogP contribution in [0.4, 0.5) is 0 Å². The molecular weight excluding hydrogens is 665 g/mol. The second-order valence-corrected chi connectivity index (χ2v) is 23.4. The van der Waals surface area contributed by atoms with Crippen LogP contribution in [0.3, 0.4) is 0 Å². The molecule has 0 aromatic rings. The van der Waals surface area contributed by atoms with Crippen molar-refractivity contribution >= 4 is 15.8 Å². The van der Waals surface area contributed by atoms with Crippen molar-refractivity contribution in [2.45, 2.75) is 136 Å². The molecule has 0 aromatic carbocycles. The summed E-state index contributed by atoms with van der Waals surface area (Å²) in [5.41, 5.74) is 5.76. The first-order valence-corrected chi connectivity index (χ1v) is 23.2. The maximum Gasteiger partial charge on any atom is 0.309 e. The summed E-state index contributed by atoms with van der Waals surface area (Å²) in [4.78, 5) is 15.0. The Hall–Kier alpha value is -1.44. The van der Waals surface area contributed by atoms with Crippen molar-refractivity contribution in [2.24, 2.45) is 69.0 Å². The number of carbonyl (C=O) groups is 1. The van der Waals surface area contributed by atoms with Crippen LogP contribution in [-0.4, -0.2) is 68.1 Å². The first-order valence-electron chi connectivity index (χ1n) is 21.5. The number of ether oxygens (including phenoxy) is 1. The van der Waals surface area contributed by atoms with E-state index in [9.17, 15) is 13.2 Å². The molecule has 0 aromatic heterocycles. The third-order valence-electron chi connectivity index (χ3n) is 18.9. The Bertz CT molecular complexity index is 1710. The molecule has 4 unspecified atom stereocenters. The van der Waals surface area contributed by atoms with E-state index in [0.29, 0.717) is 64.1 Å². The average molecular weight is 733 g/mol. The van der Waals surface area contributed by atoms with E-state index >= 15 is 0 Å². The predicted octanol–water partition coefficient (Wildman–Crippen LogP) is 8.15. The van der Waals surface area contributed by atoms with Gasteiger partial charge in [-0.15, -0.1) is 0 Å². The highest BCUT2D eigenvalue weighted by atomic mass is 32.2. The maximum absolute atomic E-state index is 12.5. The topological polar surface area (TPSA) is 75.7 Å². The normalized spacial score (nSPS) is 50.6. The molecule has 0 radical (unpaired) electrons. The van der Waals surface area contributed by atoms with Crippen molar-refractivity contribution in [1.29, 1.82) is 0 Å². The lowest BCUT2D eigenvalue weighted by Gasteiger charge is -2.72. The van der Waals surface area contributed by atoms with Crippen molar-refractivity contribution in [3.8, 4) is 0 Å². The van der Waals surface area contributed by atoms with Crippen LogP contribution < -0.4 is 5.32 Å². The third kappa shape index (κ3) is 4.85. The van der Waals surface area contributed by atoms with E-state index in [4.69, 9.17) is 4.74 Å². The van der Waals surface area contributed by atoms with E-state index in [1.54, 1.807) is 5.57 Å². The van der Waals surface area contributed by atoms with E-state index in [0.717, 1.165) is 38.4 Å². The SMILES string of the molecule is C=C(C)[C@@H]1CC[C@]2(NCCN3C[C@@H]4CC3CS4(=O)=O)CC[C@]3(C)[C@H](CC[C@@H]4[C@@]5(C)CC=C(C6=CC7C(C6)C7C(=O)OCC)C(C)(C)[C@@H]5CC[C@]43C)[C@@H]12. The molecule has 9 aliphatic rings. The van der Waals surface area contributed by atoms with Crippen LogP contribution in [0.15, 0.2) is 35.5 Å². The standard InChI is InChI=1S/C45H68N2O4S/c1-9-51-40(48)38-32-22-28(23-33(32)38)34-13-15-42(6)36(41(34,4)5)14-16-44(8)37(42)11-10-35-39-31(27(2)3)12-17-45(39,19-18-43(35,44)7)46-20-21-47-25-30-24-29(47)26-52(30,49)50/h13,22,29-33,35-39,46H,2,9-12,14-21,23-26H2,1,3-8H3/t29?,30-,31-,32?,33?,35+,36-,37+,38?,39+,42-,43+,44+,45-/m0/s1. The Labute approximate surface area is 315 Å². The molecule has 7 fully saturated rings. The molecule has 7 heteroatoms. The van der Waals surface area contributed by atoms with E-state index in [1.165, 1.54) is 68.9 Å². The molecule has 1 N–H and O–H groups in total. The van der Waals surface area contributed by atoms with Gasteiger partial charge < -0.3 is 10.1 Å². The third-order valence-corrected chi connectivity index (χ3v) is 21.1. The van der Waals surface area contributed by atoms with Crippen LogP contribution in [-0.2, 0) is 19.4 Å². The molecule has 0 amide bonds. The summed E-state index contributed by atoms with van der Waals surface area (Å²) in [7, 11) is -2.86. The summed E-state index contributed by atoms with van der Waals surface area (Å²) in [6.45, 7) is 25.3. The minimum absolute atomic E-state index is 0.0177. The highest BCUT2D eigenvalue weighted by molar-refractivity contribution is 7.92. The maximum atomic E-state index is 12.5. The summed E-state index contributed by atoms with van der Waals surface area (Å²) in [5.74, 6) is 4.67. The van der Waals surface area contributed by atoms with Gasteiger partial charge in [0, 0.05) is 31.2 Å². The number of fused-ring (bicyclic) bond motifs is 10. The number of nitrogens with zero attached hydrogens (tertiary/aromatic N) is 1. The number of hydrogen-bond acceptors (Lipinski definition) is 6. The van der Waals surface area contributed by atoms with Gasteiger partial charge >= 0.3 is 5.97 Å². The number of hydrogen-bond donors (Lipinski definition) is 1. The molecule has 52 heavy (non-hydrogen) atoms. The quantitative estimate of drug-likeness (QED) is 0.201. The molecule has 2 aliphatic heterocycles. The molecule has 2 heterocycles. The highest BCUT2D eigenvalue weighted by Gasteiger charge is 2.71. The van der Waals surface area contributed by atoms with Crippen LogP contribution in [0.25, 0.3) is 0 Å². The molecule has 5 saturated carbocycles. The van der Waals surface area contributed by atoms with E-state index in [-0.39, 0.29) is 34.1 Å². The number of allylic oxidation sites excluding steroid dienone is 5. The fourth-order valence-electron chi connectivity index (χ4n) is 16.3. The second-order valence-electron chi connectivity index (χ2n) is 21.1. The van der Waals surface area contributed by atoms with Crippen LogP contribution in [0.2, 0.25) is 0 Å². The number of rotatable bonds is 8. The van der Waals surface area contributed by atoms with Crippen molar-refractivity contribution < 1.29 is 17.9 Å². The van der Waals surface area contributed by atoms with Gasteiger partial charge in [-0.3, -0.25) is 9.69 Å². The minimum atomic E-state index is -2.86. The van der Waals surface area contributed by atoms with Crippen LogP contribution >= 0.6 is 0 Å². The monoisotopic (exact) mass is 732 g/mol. The van der Waals surface area contributed by atoms with Crippen molar-refractivity contribution in [3.05, 3.63) is 35.5 Å². The van der Waals surface area contributed by atoms with Gasteiger partial charge in [0.15, 0.2) is 9.84 Å². The molecular formula is C45H68N2O4S. The lowest BCUT2D eigenvalue weighted by molar-refractivity contribution is -0.221. The molecule has 9 rings (SSSR count). The van der Waals surface area contributed by atoms with Crippen molar-refractivity contribution in [1.82, 2.24) is 10.2 Å². The van der Waals surface area contributed by atoms with Crippen LogP contribution in [0.1, 0.15) is 119 Å².